The van der Waals surface area contributed by atoms with Crippen LogP contribution >= 0.6 is 11.3 Å². The number of nitrogens with zero attached hydrogens (tertiary/aromatic N) is 3. The first-order valence-corrected chi connectivity index (χ1v) is 11.6. The highest BCUT2D eigenvalue weighted by Gasteiger charge is 2.23. The number of carbonyl (C=O) groups is 1. The predicted molar refractivity (Wildman–Crippen MR) is 126 cm³/mol. The van der Waals surface area contributed by atoms with Crippen LogP contribution in [0.25, 0.3) is 10.2 Å². The molecule has 0 unspecified atom stereocenters. The van der Waals surface area contributed by atoms with Crippen molar-refractivity contribution in [2.75, 3.05) is 44.3 Å². The summed E-state index contributed by atoms with van der Waals surface area (Å²) in [4.78, 5) is 21.5. The molecule has 164 valence electrons. The van der Waals surface area contributed by atoms with Gasteiger partial charge in [0.05, 0.1) is 16.8 Å². The highest BCUT2D eigenvalue weighted by molar-refractivity contribution is 7.22. The van der Waals surface area contributed by atoms with Crippen LogP contribution in [-0.2, 0) is 4.79 Å². The van der Waals surface area contributed by atoms with Crippen molar-refractivity contribution in [3.8, 4) is 11.5 Å². The summed E-state index contributed by atoms with van der Waals surface area (Å²) in [6.07, 6.45) is 0. The second-order valence-electron chi connectivity index (χ2n) is 7.94. The molecule has 3 aromatic rings. The van der Waals surface area contributed by atoms with Crippen LogP contribution in [0.1, 0.15) is 32.3 Å². The molecule has 2 aromatic carbocycles. The molecular formula is C24H29N3O3S. The third kappa shape index (κ3) is 5.10. The molecule has 1 fully saturated rings. The number of piperazine rings is 1. The Bertz CT molecular complexity index is 1020. The molecule has 7 heteroatoms. The zero-order valence-corrected chi connectivity index (χ0v) is 19.2. The number of rotatable bonds is 7. The molecule has 0 aliphatic carbocycles. The zero-order chi connectivity index (χ0) is 21.8. The fourth-order valence-corrected chi connectivity index (χ4v) is 4.66. The number of aromatic nitrogens is 1. The average molecular weight is 440 g/mol. The van der Waals surface area contributed by atoms with E-state index in [0.29, 0.717) is 25.6 Å². The number of hydrogen-bond donors (Lipinski definition) is 0. The summed E-state index contributed by atoms with van der Waals surface area (Å²) < 4.78 is 12.4. The van der Waals surface area contributed by atoms with Crippen LogP contribution < -0.4 is 14.4 Å². The van der Waals surface area contributed by atoms with Crippen LogP contribution in [0.3, 0.4) is 0 Å². The summed E-state index contributed by atoms with van der Waals surface area (Å²) in [5.74, 6) is 2.11. The first kappa shape index (κ1) is 21.4. The van der Waals surface area contributed by atoms with Gasteiger partial charge in [-0.15, -0.1) is 0 Å². The van der Waals surface area contributed by atoms with Crippen LogP contribution in [-0.4, -0.2) is 55.2 Å². The summed E-state index contributed by atoms with van der Waals surface area (Å²) in [7, 11) is 0. The van der Waals surface area contributed by atoms with E-state index in [1.165, 1.54) is 5.56 Å². The van der Waals surface area contributed by atoms with Crippen molar-refractivity contribution in [3.05, 3.63) is 48.0 Å². The van der Waals surface area contributed by atoms with E-state index in [4.69, 9.17) is 14.5 Å². The van der Waals surface area contributed by atoms with E-state index in [2.05, 4.69) is 30.9 Å². The van der Waals surface area contributed by atoms with Crippen molar-refractivity contribution in [2.24, 2.45) is 0 Å². The standard InChI is InChI=1S/C24H29N3O3S/c1-4-29-20-9-10-21-22(15-20)31-24(25-21)27-13-11-26(12-14-27)23(28)16-30-19-7-5-18(6-8-19)17(2)3/h5-10,15,17H,4,11-14,16H2,1-3H3. The number of carbonyl (C=O) groups excluding carboxylic acids is 1. The van der Waals surface area contributed by atoms with Crippen molar-refractivity contribution < 1.29 is 14.3 Å². The van der Waals surface area contributed by atoms with E-state index >= 15 is 0 Å². The zero-order valence-electron chi connectivity index (χ0n) is 18.3. The lowest BCUT2D eigenvalue weighted by molar-refractivity contribution is -0.133. The molecule has 0 atom stereocenters. The summed E-state index contributed by atoms with van der Waals surface area (Å²) in [5, 5.41) is 0.997. The van der Waals surface area contributed by atoms with Gasteiger partial charge in [-0.3, -0.25) is 4.79 Å². The van der Waals surface area contributed by atoms with Gasteiger partial charge in [-0.05, 0) is 48.7 Å². The molecule has 1 aromatic heterocycles. The number of amides is 1. The van der Waals surface area contributed by atoms with Crippen molar-refractivity contribution in [1.82, 2.24) is 9.88 Å². The monoisotopic (exact) mass is 439 g/mol. The summed E-state index contributed by atoms with van der Waals surface area (Å²) >= 11 is 1.67. The Labute approximate surface area is 187 Å². The topological polar surface area (TPSA) is 54.9 Å². The highest BCUT2D eigenvalue weighted by atomic mass is 32.1. The van der Waals surface area contributed by atoms with Gasteiger partial charge in [-0.2, -0.15) is 0 Å². The lowest BCUT2D eigenvalue weighted by atomic mass is 10.0. The maximum atomic E-state index is 12.6. The fourth-order valence-electron chi connectivity index (χ4n) is 3.62. The molecule has 4 rings (SSSR count). The van der Waals surface area contributed by atoms with Crippen LogP contribution in [0.5, 0.6) is 11.5 Å². The van der Waals surface area contributed by atoms with Crippen molar-refractivity contribution in [2.45, 2.75) is 26.7 Å². The Morgan fingerprint density at radius 2 is 1.74 bits per heavy atom. The third-order valence-corrected chi connectivity index (χ3v) is 6.55. The van der Waals surface area contributed by atoms with Gasteiger partial charge in [0.1, 0.15) is 11.5 Å². The van der Waals surface area contributed by atoms with Crippen LogP contribution in [0.15, 0.2) is 42.5 Å². The van der Waals surface area contributed by atoms with Gasteiger partial charge in [0, 0.05) is 26.2 Å². The molecule has 0 radical (unpaired) electrons. The molecule has 6 nitrogen and oxygen atoms in total. The van der Waals surface area contributed by atoms with Crippen molar-refractivity contribution >= 4 is 32.6 Å². The Morgan fingerprint density at radius 3 is 2.42 bits per heavy atom. The Kier molecular flexibility index (Phi) is 6.61. The van der Waals surface area contributed by atoms with E-state index in [9.17, 15) is 4.79 Å². The number of thiazole rings is 1. The van der Waals surface area contributed by atoms with Gasteiger partial charge in [0.15, 0.2) is 11.7 Å². The number of anilines is 1. The molecule has 0 saturated carbocycles. The molecule has 1 aliphatic rings. The number of ether oxygens (including phenoxy) is 2. The first-order valence-electron chi connectivity index (χ1n) is 10.8. The van der Waals surface area contributed by atoms with E-state index in [0.717, 1.165) is 39.9 Å². The van der Waals surface area contributed by atoms with Gasteiger partial charge >= 0.3 is 0 Å². The largest absolute Gasteiger partial charge is 0.494 e. The molecule has 1 aliphatic heterocycles. The lowest BCUT2D eigenvalue weighted by Crippen LogP contribution is -2.50. The SMILES string of the molecule is CCOc1ccc2nc(N3CCN(C(=O)COc4ccc(C(C)C)cc4)CC3)sc2c1. The summed E-state index contributed by atoms with van der Waals surface area (Å²) in [6.45, 7) is 9.92. The number of fused-ring (bicyclic) bond motifs is 1. The molecule has 0 spiro atoms. The fraction of sp³-hybridized carbons (Fsp3) is 0.417. The average Bonchev–Trinajstić information content (AvgIpc) is 3.21. The maximum Gasteiger partial charge on any atom is 0.260 e. The Balaban J connectivity index is 1.29. The van der Waals surface area contributed by atoms with Crippen LogP contribution in [0, 0.1) is 0 Å². The van der Waals surface area contributed by atoms with Gasteiger partial charge < -0.3 is 19.3 Å². The van der Waals surface area contributed by atoms with E-state index in [-0.39, 0.29) is 12.5 Å². The Morgan fingerprint density at radius 1 is 1.03 bits per heavy atom. The van der Waals surface area contributed by atoms with Gasteiger partial charge in [0.25, 0.3) is 5.91 Å². The molecule has 1 saturated heterocycles. The molecule has 2 heterocycles. The van der Waals surface area contributed by atoms with E-state index in [1.54, 1.807) is 11.3 Å². The van der Waals surface area contributed by atoms with Crippen molar-refractivity contribution in [1.29, 1.82) is 0 Å². The molecule has 1 amide bonds. The third-order valence-electron chi connectivity index (χ3n) is 5.47. The molecule has 31 heavy (non-hydrogen) atoms. The maximum absolute atomic E-state index is 12.6. The molecule has 0 N–H and O–H groups in total. The normalized spacial score (nSPS) is 14.3. The minimum atomic E-state index is 0.0262. The molecule has 0 bridgehead atoms. The minimum absolute atomic E-state index is 0.0262. The number of benzene rings is 2. The van der Waals surface area contributed by atoms with E-state index in [1.807, 2.05) is 42.2 Å². The van der Waals surface area contributed by atoms with Crippen molar-refractivity contribution in [3.63, 3.8) is 0 Å². The summed E-state index contributed by atoms with van der Waals surface area (Å²) in [5.41, 5.74) is 2.25. The second kappa shape index (κ2) is 9.56. The smallest absolute Gasteiger partial charge is 0.260 e. The lowest BCUT2D eigenvalue weighted by Gasteiger charge is -2.34. The predicted octanol–water partition coefficient (Wildman–Crippen LogP) is 4.55. The van der Waals surface area contributed by atoms with Gasteiger partial charge in [-0.1, -0.05) is 37.3 Å². The first-order chi connectivity index (χ1) is 15.0. The van der Waals surface area contributed by atoms with Crippen LogP contribution in [0.2, 0.25) is 0 Å². The van der Waals surface area contributed by atoms with Gasteiger partial charge in [0.2, 0.25) is 0 Å². The summed E-state index contributed by atoms with van der Waals surface area (Å²) in [6, 6.07) is 14.0. The van der Waals surface area contributed by atoms with Crippen LogP contribution in [0.4, 0.5) is 5.13 Å². The Hall–Kier alpha value is -2.80. The second-order valence-corrected chi connectivity index (χ2v) is 8.95. The number of hydrogen-bond acceptors (Lipinski definition) is 6. The van der Waals surface area contributed by atoms with E-state index < -0.39 is 0 Å². The van der Waals surface area contributed by atoms with Gasteiger partial charge in [-0.25, -0.2) is 4.98 Å². The highest BCUT2D eigenvalue weighted by Crippen LogP contribution is 2.32. The minimum Gasteiger partial charge on any atom is -0.494 e. The quantitative estimate of drug-likeness (QED) is 0.541. The molecular weight excluding hydrogens is 410 g/mol.